The predicted molar refractivity (Wildman–Crippen MR) is 202 cm³/mol. The molecule has 0 spiro atoms. The molecule has 0 aliphatic rings. The van der Waals surface area contributed by atoms with Gasteiger partial charge in [-0.15, -0.1) is 0 Å². The molecule has 0 saturated heterocycles. The van der Waals surface area contributed by atoms with Gasteiger partial charge in [0.15, 0.2) is 0 Å². The van der Waals surface area contributed by atoms with Crippen molar-refractivity contribution in [2.45, 2.75) is 0 Å². The molecule has 0 atom stereocenters. The van der Waals surface area contributed by atoms with Crippen molar-refractivity contribution in [3.05, 3.63) is 188 Å². The van der Waals surface area contributed by atoms with Gasteiger partial charge in [0, 0.05) is 32.9 Å². The molecule has 0 unspecified atom stereocenters. The smallest absolute Gasteiger partial charge is 0.143 e. The van der Waals surface area contributed by atoms with Crippen LogP contribution >= 0.6 is 0 Å². The number of anilines is 3. The lowest BCUT2D eigenvalue weighted by atomic mass is 9.97. The molecule has 0 bridgehead atoms. The van der Waals surface area contributed by atoms with E-state index in [1.54, 1.807) is 36.4 Å². The largest absolute Gasteiger partial charge is 0.455 e. The average molecular weight is 632 g/mol. The van der Waals surface area contributed by atoms with E-state index in [4.69, 9.17) is 20.9 Å². The van der Waals surface area contributed by atoms with Crippen LogP contribution in [0.5, 0.6) is 0 Å². The zero-order valence-corrected chi connectivity index (χ0v) is 24.9. The monoisotopic (exact) mass is 631 g/mol. The van der Waals surface area contributed by atoms with Crippen LogP contribution in [0.25, 0.3) is 66.1 Å². The summed E-state index contributed by atoms with van der Waals surface area (Å²) in [5.41, 5.74) is -1.13. The predicted octanol–water partition coefficient (Wildman–Crippen LogP) is 13.2. The zero-order valence-electron chi connectivity index (χ0n) is 42.9. The second-order valence-electron chi connectivity index (χ2n) is 10.7. The third kappa shape index (κ3) is 4.83. The minimum absolute atomic E-state index is 0.0722. The molecular formula is C46H31NO. The van der Waals surface area contributed by atoms with Gasteiger partial charge in [-0.3, -0.25) is 0 Å². The molecule has 2 heteroatoms. The van der Waals surface area contributed by atoms with Crippen LogP contribution in [-0.2, 0) is 0 Å². The van der Waals surface area contributed by atoms with E-state index in [1.807, 2.05) is 42.5 Å². The Kier molecular flexibility index (Phi) is 3.68. The molecule has 48 heavy (non-hydrogen) atoms. The first-order valence-electron chi connectivity index (χ1n) is 23.9. The van der Waals surface area contributed by atoms with Gasteiger partial charge in [-0.2, -0.15) is 0 Å². The number of hydrogen-bond donors (Lipinski definition) is 0. The summed E-state index contributed by atoms with van der Waals surface area (Å²) in [6, 6.07) is 8.84. The van der Waals surface area contributed by atoms with E-state index in [-0.39, 0.29) is 5.69 Å². The van der Waals surface area contributed by atoms with Gasteiger partial charge >= 0.3 is 0 Å². The Labute approximate surface area is 305 Å². The summed E-state index contributed by atoms with van der Waals surface area (Å²) in [6.07, 6.45) is 0. The first-order valence-corrected chi connectivity index (χ1v) is 14.9. The topological polar surface area (TPSA) is 16.4 Å². The van der Waals surface area contributed by atoms with Crippen LogP contribution in [0, 0.1) is 0 Å². The van der Waals surface area contributed by atoms with Gasteiger partial charge < -0.3 is 9.32 Å². The van der Waals surface area contributed by atoms with Crippen LogP contribution < -0.4 is 4.90 Å². The quantitative estimate of drug-likeness (QED) is 0.182. The van der Waals surface area contributed by atoms with E-state index in [9.17, 15) is 8.22 Å². The first kappa shape index (κ1) is 15.0. The van der Waals surface area contributed by atoms with Crippen LogP contribution in [0.3, 0.4) is 0 Å². The summed E-state index contributed by atoms with van der Waals surface area (Å²) >= 11 is 0. The van der Waals surface area contributed by atoms with Crippen LogP contribution in [0.1, 0.15) is 24.7 Å². The van der Waals surface area contributed by atoms with Gasteiger partial charge in [0.1, 0.15) is 11.2 Å². The number of furan rings is 1. The fourth-order valence-electron chi connectivity index (χ4n) is 5.86. The third-order valence-electron chi connectivity index (χ3n) is 7.98. The molecule has 0 saturated carbocycles. The van der Waals surface area contributed by atoms with Crippen molar-refractivity contribution >= 4 is 49.8 Å². The first-order chi connectivity index (χ1) is 31.3. The van der Waals surface area contributed by atoms with Gasteiger partial charge in [0.2, 0.25) is 0 Å². The molecule has 8 aromatic carbocycles. The minimum Gasteiger partial charge on any atom is -0.455 e. The molecule has 1 aromatic heterocycles. The Morgan fingerprint density at radius 1 is 0.438 bits per heavy atom. The van der Waals surface area contributed by atoms with Gasteiger partial charge in [0.05, 0.1) is 30.4 Å². The lowest BCUT2D eigenvalue weighted by Crippen LogP contribution is -2.10. The van der Waals surface area contributed by atoms with E-state index in [0.717, 1.165) is 16.0 Å². The van der Waals surface area contributed by atoms with Gasteiger partial charge in [-0.05, 0) is 69.7 Å². The van der Waals surface area contributed by atoms with Crippen molar-refractivity contribution in [3.63, 3.8) is 0 Å². The lowest BCUT2D eigenvalue weighted by molar-refractivity contribution is 0.673. The number of para-hydroxylation sites is 1. The number of fused-ring (bicyclic) bond motifs is 5. The van der Waals surface area contributed by atoms with E-state index in [0.29, 0.717) is 32.7 Å². The Balaban J connectivity index is 1.39. The third-order valence-corrected chi connectivity index (χ3v) is 7.98. The SMILES string of the molecule is [2H]c1c([2H])c([2H])c(-c2c([2H])c([2H])c(-c3c([2H])c([2H])c(N(c4c([2H])c([2H])c([2H])c([2H])c4[2H])c4cc5c(oc6cccc(-c7ccccc7)c65)c5ccccc45)c([2H])c3[2H])c([2H])c2[2H])c([2H])c1[2H]. The van der Waals surface area contributed by atoms with Gasteiger partial charge in [-0.25, -0.2) is 0 Å². The number of benzene rings is 8. The van der Waals surface area contributed by atoms with Crippen molar-refractivity contribution < 1.29 is 29.1 Å². The van der Waals surface area contributed by atoms with Crippen molar-refractivity contribution in [2.75, 3.05) is 4.90 Å². The van der Waals surface area contributed by atoms with Crippen LogP contribution in [0.2, 0.25) is 0 Å². The molecular weight excluding hydrogens is 583 g/mol. The maximum atomic E-state index is 9.58. The van der Waals surface area contributed by atoms with Crippen molar-refractivity contribution in [3.8, 4) is 33.4 Å². The van der Waals surface area contributed by atoms with Crippen molar-refractivity contribution in [2.24, 2.45) is 0 Å². The highest BCUT2D eigenvalue weighted by molar-refractivity contribution is 6.22. The summed E-state index contributed by atoms with van der Waals surface area (Å²) < 4.78 is 166. The molecule has 2 nitrogen and oxygen atoms in total. The summed E-state index contributed by atoms with van der Waals surface area (Å²) in [6.45, 7) is 0. The average Bonchev–Trinajstić information content (AvgIpc) is 3.71. The highest BCUT2D eigenvalue weighted by Gasteiger charge is 2.21. The normalized spacial score (nSPS) is 16.6. The molecule has 0 aliphatic carbocycles. The maximum Gasteiger partial charge on any atom is 0.143 e. The van der Waals surface area contributed by atoms with Crippen molar-refractivity contribution in [1.82, 2.24) is 0 Å². The second-order valence-corrected chi connectivity index (χ2v) is 10.7. The summed E-state index contributed by atoms with van der Waals surface area (Å²) in [5, 5.41) is 2.01. The Morgan fingerprint density at radius 3 is 1.69 bits per heavy atom. The lowest BCUT2D eigenvalue weighted by Gasteiger charge is -2.27. The fraction of sp³-hybridized carbons (Fsp3) is 0. The highest BCUT2D eigenvalue weighted by atomic mass is 16.3. The van der Waals surface area contributed by atoms with Crippen LogP contribution in [0.4, 0.5) is 17.1 Å². The number of nitrogens with zero attached hydrogens (tertiary/aromatic N) is 1. The fourth-order valence-corrected chi connectivity index (χ4v) is 5.86. The number of hydrogen-bond acceptors (Lipinski definition) is 2. The summed E-state index contributed by atoms with van der Waals surface area (Å²) in [4.78, 5) is 1.08. The van der Waals surface area contributed by atoms with E-state index < -0.39 is 142 Å². The molecule has 0 amide bonds. The number of rotatable bonds is 6. The Bertz CT molecular complexity index is 3470. The summed E-state index contributed by atoms with van der Waals surface area (Å²) in [5.74, 6) is 0. The molecule has 226 valence electrons. The molecule has 0 fully saturated rings. The zero-order chi connectivity index (χ0) is 47.5. The Hall–Kier alpha value is -6.38. The van der Waals surface area contributed by atoms with E-state index >= 15 is 0 Å². The van der Waals surface area contributed by atoms with Gasteiger partial charge in [-0.1, -0.05) is 151 Å². The minimum atomic E-state index is -0.897. The molecule has 1 heterocycles. The maximum absolute atomic E-state index is 9.58. The van der Waals surface area contributed by atoms with Gasteiger partial charge in [0.25, 0.3) is 0 Å². The standard InChI is InChI=1S/C46H31NO/c1-4-13-32(14-5-1)33-23-25-34(26-24-33)35-27-29-38(30-28-35)47(37-17-8-3-9-18-37)43-31-42-45-39(36-15-6-2-7-16-36)21-12-22-44(45)48-46(42)41-20-11-10-19-40(41)43/h1-31H/i1D,3D,4D,5D,8D,9D,13D,14D,17D,18D,23D,24D,25D,26D,27D,28D,29D,30D. The second kappa shape index (κ2) is 11.8. The summed E-state index contributed by atoms with van der Waals surface area (Å²) in [7, 11) is 0. The molecule has 9 rings (SSSR count). The molecule has 0 N–H and O–H groups in total. The van der Waals surface area contributed by atoms with Crippen LogP contribution in [0.15, 0.2) is 192 Å². The van der Waals surface area contributed by atoms with E-state index in [2.05, 4.69) is 0 Å². The van der Waals surface area contributed by atoms with Crippen molar-refractivity contribution in [1.29, 1.82) is 0 Å². The molecule has 9 aromatic rings. The molecule has 0 aliphatic heterocycles. The van der Waals surface area contributed by atoms with E-state index in [1.165, 1.54) is 0 Å². The molecule has 0 radical (unpaired) electrons. The van der Waals surface area contributed by atoms with Crippen LogP contribution in [-0.4, -0.2) is 0 Å². The Morgan fingerprint density at radius 2 is 1.00 bits per heavy atom. The highest BCUT2D eigenvalue weighted by Crippen LogP contribution is 2.46.